The van der Waals surface area contributed by atoms with Gasteiger partial charge in [-0.3, -0.25) is 4.90 Å². The summed E-state index contributed by atoms with van der Waals surface area (Å²) in [5, 5.41) is 0. The first-order valence-corrected chi connectivity index (χ1v) is 7.01. The van der Waals surface area contributed by atoms with E-state index < -0.39 is 0 Å². The molecule has 6 nitrogen and oxygen atoms in total. The van der Waals surface area contributed by atoms with E-state index in [1.807, 2.05) is 12.1 Å². The van der Waals surface area contributed by atoms with E-state index in [1.165, 1.54) is 0 Å². The summed E-state index contributed by atoms with van der Waals surface area (Å²) in [6, 6.07) is 7.19. The smallest absolute Gasteiger partial charge is 0.344 e. The van der Waals surface area contributed by atoms with Gasteiger partial charge in [0.05, 0.1) is 20.3 Å². The van der Waals surface area contributed by atoms with Gasteiger partial charge in [-0.25, -0.2) is 4.79 Å². The number of methoxy groups -OCH3 is 1. The second-order valence-electron chi connectivity index (χ2n) is 4.61. The minimum Gasteiger partial charge on any atom is -0.493 e. The molecule has 1 aliphatic heterocycles. The van der Waals surface area contributed by atoms with Gasteiger partial charge in [-0.05, 0) is 12.1 Å². The lowest BCUT2D eigenvalue weighted by molar-refractivity contribution is -0.146. The zero-order chi connectivity index (χ0) is 14.9. The molecule has 0 atom stereocenters. The fourth-order valence-electron chi connectivity index (χ4n) is 2.03. The fraction of sp³-hybridized carbons (Fsp3) is 0.533. The highest BCUT2D eigenvalue weighted by atomic mass is 16.6. The first kappa shape index (κ1) is 15.6. The molecule has 116 valence electrons. The Kier molecular flexibility index (Phi) is 6.30. The van der Waals surface area contributed by atoms with Crippen molar-refractivity contribution >= 4 is 5.97 Å². The molecule has 0 unspecified atom stereocenters. The van der Waals surface area contributed by atoms with Crippen molar-refractivity contribution in [3.63, 3.8) is 0 Å². The maximum absolute atomic E-state index is 11.6. The molecule has 0 N–H and O–H groups in total. The molecule has 0 bridgehead atoms. The Morgan fingerprint density at radius 2 is 1.95 bits per heavy atom. The highest BCUT2D eigenvalue weighted by Gasteiger charge is 2.12. The lowest BCUT2D eigenvalue weighted by Crippen LogP contribution is -2.38. The monoisotopic (exact) mass is 295 g/mol. The topological polar surface area (TPSA) is 57.2 Å². The van der Waals surface area contributed by atoms with Gasteiger partial charge in [0.25, 0.3) is 0 Å². The predicted molar refractivity (Wildman–Crippen MR) is 76.7 cm³/mol. The number of carbonyl (C=O) groups excluding carboxylic acids is 1. The van der Waals surface area contributed by atoms with Crippen LogP contribution < -0.4 is 9.47 Å². The van der Waals surface area contributed by atoms with E-state index in [9.17, 15) is 4.79 Å². The molecule has 0 saturated carbocycles. The SMILES string of the molecule is COc1ccccc1OCC(=O)OCCN1CCOCC1. The normalized spacial score (nSPS) is 15.5. The average Bonchev–Trinajstić information content (AvgIpc) is 2.54. The van der Waals surface area contributed by atoms with E-state index in [-0.39, 0.29) is 12.6 Å². The van der Waals surface area contributed by atoms with Crippen LogP contribution in [0.3, 0.4) is 0 Å². The number of hydrogen-bond donors (Lipinski definition) is 0. The highest BCUT2D eigenvalue weighted by Crippen LogP contribution is 2.25. The summed E-state index contributed by atoms with van der Waals surface area (Å²) < 4.78 is 20.9. The van der Waals surface area contributed by atoms with Crippen molar-refractivity contribution in [2.24, 2.45) is 0 Å². The number of ether oxygens (including phenoxy) is 4. The molecule has 2 rings (SSSR count). The van der Waals surface area contributed by atoms with Gasteiger partial charge in [0.15, 0.2) is 18.1 Å². The first-order chi connectivity index (χ1) is 10.3. The van der Waals surface area contributed by atoms with Gasteiger partial charge in [0.1, 0.15) is 6.61 Å². The predicted octanol–water partition coefficient (Wildman–Crippen LogP) is 0.949. The quantitative estimate of drug-likeness (QED) is 0.698. The van der Waals surface area contributed by atoms with Crippen molar-refractivity contribution < 1.29 is 23.7 Å². The molecule has 21 heavy (non-hydrogen) atoms. The Hall–Kier alpha value is -1.79. The van der Waals surface area contributed by atoms with Crippen molar-refractivity contribution in [1.82, 2.24) is 4.90 Å². The van der Waals surface area contributed by atoms with E-state index in [4.69, 9.17) is 18.9 Å². The van der Waals surface area contributed by atoms with Gasteiger partial charge in [-0.1, -0.05) is 12.1 Å². The van der Waals surface area contributed by atoms with Crippen molar-refractivity contribution in [2.45, 2.75) is 0 Å². The van der Waals surface area contributed by atoms with Crippen LogP contribution >= 0.6 is 0 Å². The summed E-state index contributed by atoms with van der Waals surface area (Å²) in [6.07, 6.45) is 0. The maximum atomic E-state index is 11.6. The third kappa shape index (κ3) is 5.24. The largest absolute Gasteiger partial charge is 0.493 e. The number of nitrogens with zero attached hydrogens (tertiary/aromatic N) is 1. The third-order valence-electron chi connectivity index (χ3n) is 3.19. The average molecular weight is 295 g/mol. The van der Waals surface area contributed by atoms with Gasteiger partial charge in [0, 0.05) is 19.6 Å². The maximum Gasteiger partial charge on any atom is 0.344 e. The second kappa shape index (κ2) is 8.49. The molecular formula is C15H21NO5. The Labute approximate surface area is 124 Å². The molecule has 6 heteroatoms. The molecule has 1 fully saturated rings. The lowest BCUT2D eigenvalue weighted by atomic mass is 10.3. The van der Waals surface area contributed by atoms with E-state index in [2.05, 4.69) is 4.90 Å². The summed E-state index contributed by atoms with van der Waals surface area (Å²) in [6.45, 7) is 4.22. The van der Waals surface area contributed by atoms with Crippen molar-refractivity contribution in [1.29, 1.82) is 0 Å². The van der Waals surface area contributed by atoms with Crippen LogP contribution in [-0.2, 0) is 14.3 Å². The summed E-state index contributed by atoms with van der Waals surface area (Å²) in [4.78, 5) is 13.8. The zero-order valence-corrected chi connectivity index (χ0v) is 12.2. The van der Waals surface area contributed by atoms with Crippen molar-refractivity contribution in [3.05, 3.63) is 24.3 Å². The molecular weight excluding hydrogens is 274 g/mol. The van der Waals surface area contributed by atoms with Gasteiger partial charge in [-0.15, -0.1) is 0 Å². The minimum absolute atomic E-state index is 0.122. The fourth-order valence-corrected chi connectivity index (χ4v) is 2.03. The van der Waals surface area contributed by atoms with Crippen LogP contribution in [0.15, 0.2) is 24.3 Å². The molecule has 1 heterocycles. The summed E-state index contributed by atoms with van der Waals surface area (Å²) in [7, 11) is 1.56. The lowest BCUT2D eigenvalue weighted by Gasteiger charge is -2.26. The number of hydrogen-bond acceptors (Lipinski definition) is 6. The van der Waals surface area contributed by atoms with Crippen molar-refractivity contribution in [3.8, 4) is 11.5 Å². The standard InChI is InChI=1S/C15H21NO5/c1-18-13-4-2-3-5-14(13)21-12-15(17)20-11-8-16-6-9-19-10-7-16/h2-5H,6-12H2,1H3. The Morgan fingerprint density at radius 3 is 2.67 bits per heavy atom. The van der Waals surface area contributed by atoms with Crippen molar-refractivity contribution in [2.75, 3.05) is 53.2 Å². The number of carbonyl (C=O) groups is 1. The number of rotatable bonds is 7. The van der Waals surface area contributed by atoms with E-state index in [0.29, 0.717) is 18.1 Å². The minimum atomic E-state index is -0.380. The molecule has 1 aromatic carbocycles. The second-order valence-corrected chi connectivity index (χ2v) is 4.61. The number of para-hydroxylation sites is 2. The Balaban J connectivity index is 1.65. The van der Waals surface area contributed by atoms with Gasteiger partial charge in [0.2, 0.25) is 0 Å². The van der Waals surface area contributed by atoms with Crippen LogP contribution in [-0.4, -0.2) is 64.0 Å². The summed E-state index contributed by atoms with van der Waals surface area (Å²) in [5.74, 6) is 0.748. The molecule has 1 aromatic rings. The summed E-state index contributed by atoms with van der Waals surface area (Å²) in [5.41, 5.74) is 0. The van der Waals surface area contributed by atoms with Gasteiger partial charge >= 0.3 is 5.97 Å². The van der Waals surface area contributed by atoms with Crippen LogP contribution in [0, 0.1) is 0 Å². The Bertz CT molecular complexity index is 445. The van der Waals surface area contributed by atoms with E-state index in [0.717, 1.165) is 32.8 Å². The highest BCUT2D eigenvalue weighted by molar-refractivity contribution is 5.71. The molecule has 0 aromatic heterocycles. The molecule has 0 aliphatic carbocycles. The van der Waals surface area contributed by atoms with Crippen LogP contribution in [0.5, 0.6) is 11.5 Å². The van der Waals surface area contributed by atoms with Gasteiger partial charge < -0.3 is 18.9 Å². The third-order valence-corrected chi connectivity index (χ3v) is 3.19. The molecule has 0 spiro atoms. The van der Waals surface area contributed by atoms with Crippen LogP contribution in [0.4, 0.5) is 0 Å². The molecule has 0 radical (unpaired) electrons. The first-order valence-electron chi connectivity index (χ1n) is 7.01. The van der Waals surface area contributed by atoms with Crippen LogP contribution in [0.25, 0.3) is 0 Å². The van der Waals surface area contributed by atoms with Crippen LogP contribution in [0.1, 0.15) is 0 Å². The molecule has 1 aliphatic rings. The zero-order valence-electron chi connectivity index (χ0n) is 12.2. The molecule has 1 saturated heterocycles. The summed E-state index contributed by atoms with van der Waals surface area (Å²) >= 11 is 0. The van der Waals surface area contributed by atoms with Gasteiger partial charge in [-0.2, -0.15) is 0 Å². The number of esters is 1. The van der Waals surface area contributed by atoms with E-state index >= 15 is 0 Å². The number of benzene rings is 1. The Morgan fingerprint density at radius 1 is 1.24 bits per heavy atom. The van der Waals surface area contributed by atoms with Crippen LogP contribution in [0.2, 0.25) is 0 Å². The number of morpholine rings is 1. The van der Waals surface area contributed by atoms with E-state index in [1.54, 1.807) is 19.2 Å². The molecule has 0 amide bonds.